The highest BCUT2D eigenvalue weighted by Gasteiger charge is 2.26. The van der Waals surface area contributed by atoms with Crippen LogP contribution in [0.15, 0.2) is 54.6 Å². The molecule has 4 nitrogen and oxygen atoms in total. The van der Waals surface area contributed by atoms with Crippen LogP contribution in [0, 0.1) is 0 Å². The molecule has 0 N–H and O–H groups in total. The molecule has 2 aromatic carbocycles. The Morgan fingerprint density at radius 3 is 2.29 bits per heavy atom. The van der Waals surface area contributed by atoms with Gasteiger partial charge in [-0.25, -0.2) is 0 Å². The van der Waals surface area contributed by atoms with E-state index in [1.807, 2.05) is 59.5 Å². The van der Waals surface area contributed by atoms with Crippen LogP contribution < -0.4 is 9.64 Å². The number of halogens is 1. The molecular formula is C19H21ClN2O2. The number of hydrogen-bond acceptors (Lipinski definition) is 3. The largest absolute Gasteiger partial charge is 0.481 e. The summed E-state index contributed by atoms with van der Waals surface area (Å²) in [5.74, 6) is 0.741. The van der Waals surface area contributed by atoms with Gasteiger partial charge >= 0.3 is 0 Å². The molecule has 5 heteroatoms. The number of hydrogen-bond donors (Lipinski definition) is 0. The van der Waals surface area contributed by atoms with E-state index < -0.39 is 6.10 Å². The van der Waals surface area contributed by atoms with Gasteiger partial charge in [0.2, 0.25) is 0 Å². The number of anilines is 1. The molecule has 126 valence electrons. The molecule has 0 aromatic heterocycles. The maximum Gasteiger partial charge on any atom is 0.263 e. The fraction of sp³-hybridized carbons (Fsp3) is 0.316. The summed E-state index contributed by atoms with van der Waals surface area (Å²) in [6.45, 7) is 4.69. The van der Waals surface area contributed by atoms with Gasteiger partial charge in [0.15, 0.2) is 6.10 Å². The maximum absolute atomic E-state index is 12.6. The fourth-order valence-corrected chi connectivity index (χ4v) is 3.14. The Labute approximate surface area is 147 Å². The number of carbonyl (C=O) groups is 1. The number of nitrogens with zero attached hydrogens (tertiary/aromatic N) is 2. The normalized spacial score (nSPS) is 15.9. The number of piperazine rings is 1. The second-order valence-corrected chi connectivity index (χ2v) is 6.24. The fourth-order valence-electron chi connectivity index (χ4n) is 2.89. The van der Waals surface area contributed by atoms with Gasteiger partial charge in [-0.15, -0.1) is 0 Å². The number of amides is 1. The number of ether oxygens (including phenoxy) is 1. The predicted molar refractivity (Wildman–Crippen MR) is 96.8 cm³/mol. The van der Waals surface area contributed by atoms with Gasteiger partial charge in [0, 0.05) is 26.2 Å². The lowest BCUT2D eigenvalue weighted by molar-refractivity contribution is -0.138. The molecule has 1 amide bonds. The SMILES string of the molecule is C[C@@H](Oc1ccccc1)C(=O)N1CCN(c2ccccc2Cl)CC1. The van der Waals surface area contributed by atoms with Crippen molar-refractivity contribution < 1.29 is 9.53 Å². The molecule has 3 rings (SSSR count). The van der Waals surface area contributed by atoms with Crippen LogP contribution in [-0.2, 0) is 4.79 Å². The summed E-state index contributed by atoms with van der Waals surface area (Å²) in [7, 11) is 0. The van der Waals surface area contributed by atoms with E-state index in [2.05, 4.69) is 4.90 Å². The van der Waals surface area contributed by atoms with Gasteiger partial charge in [0.05, 0.1) is 10.7 Å². The molecule has 0 spiro atoms. The topological polar surface area (TPSA) is 32.8 Å². The lowest BCUT2D eigenvalue weighted by atomic mass is 10.2. The Morgan fingerprint density at radius 2 is 1.62 bits per heavy atom. The monoisotopic (exact) mass is 344 g/mol. The third-order valence-corrected chi connectivity index (χ3v) is 4.51. The van der Waals surface area contributed by atoms with Crippen molar-refractivity contribution in [2.45, 2.75) is 13.0 Å². The molecule has 2 aromatic rings. The Balaban J connectivity index is 1.56. The molecule has 1 atom stereocenters. The number of rotatable bonds is 4. The summed E-state index contributed by atoms with van der Waals surface area (Å²) >= 11 is 6.26. The minimum atomic E-state index is -0.487. The average molecular weight is 345 g/mol. The van der Waals surface area contributed by atoms with E-state index >= 15 is 0 Å². The summed E-state index contributed by atoms with van der Waals surface area (Å²) in [5.41, 5.74) is 1.03. The second kappa shape index (κ2) is 7.58. The van der Waals surface area contributed by atoms with Gasteiger partial charge in [0.25, 0.3) is 5.91 Å². The van der Waals surface area contributed by atoms with Crippen LogP contribution in [0.25, 0.3) is 0 Å². The molecule has 0 unspecified atom stereocenters. The third-order valence-electron chi connectivity index (χ3n) is 4.19. The first kappa shape index (κ1) is 16.7. The molecule has 1 aliphatic heterocycles. The average Bonchev–Trinajstić information content (AvgIpc) is 2.62. The van der Waals surface area contributed by atoms with Crippen molar-refractivity contribution >= 4 is 23.2 Å². The highest BCUT2D eigenvalue weighted by Crippen LogP contribution is 2.26. The van der Waals surface area contributed by atoms with E-state index in [4.69, 9.17) is 16.3 Å². The number of carbonyl (C=O) groups excluding carboxylic acids is 1. The standard InChI is InChI=1S/C19H21ClN2O2/c1-15(24-16-7-3-2-4-8-16)19(23)22-13-11-21(12-14-22)18-10-6-5-9-17(18)20/h2-10,15H,11-14H2,1H3/t15-/m1/s1. The molecule has 0 radical (unpaired) electrons. The van der Waals surface area contributed by atoms with Crippen molar-refractivity contribution in [1.82, 2.24) is 4.90 Å². The van der Waals surface area contributed by atoms with Crippen molar-refractivity contribution in [3.63, 3.8) is 0 Å². The first-order chi connectivity index (χ1) is 11.6. The van der Waals surface area contributed by atoms with Crippen molar-refractivity contribution in [2.75, 3.05) is 31.1 Å². The van der Waals surface area contributed by atoms with Gasteiger partial charge in [-0.2, -0.15) is 0 Å². The van der Waals surface area contributed by atoms with E-state index in [-0.39, 0.29) is 5.91 Å². The van der Waals surface area contributed by atoms with Crippen LogP contribution >= 0.6 is 11.6 Å². The first-order valence-electron chi connectivity index (χ1n) is 8.15. The molecule has 0 saturated carbocycles. The lowest BCUT2D eigenvalue weighted by Gasteiger charge is -2.37. The summed E-state index contributed by atoms with van der Waals surface area (Å²) < 4.78 is 5.73. The van der Waals surface area contributed by atoms with Crippen molar-refractivity contribution in [3.05, 3.63) is 59.6 Å². The van der Waals surface area contributed by atoms with Crippen LogP contribution in [0.1, 0.15) is 6.92 Å². The van der Waals surface area contributed by atoms with Gasteiger partial charge < -0.3 is 14.5 Å². The summed E-state index contributed by atoms with van der Waals surface area (Å²) in [6, 6.07) is 17.3. The number of benzene rings is 2. The summed E-state index contributed by atoms with van der Waals surface area (Å²) in [5, 5.41) is 0.748. The third kappa shape index (κ3) is 3.82. The maximum atomic E-state index is 12.6. The zero-order valence-corrected chi connectivity index (χ0v) is 14.4. The Morgan fingerprint density at radius 1 is 1.00 bits per heavy atom. The highest BCUT2D eigenvalue weighted by atomic mass is 35.5. The molecule has 24 heavy (non-hydrogen) atoms. The molecule has 0 aliphatic carbocycles. The van der Waals surface area contributed by atoms with Crippen molar-refractivity contribution in [3.8, 4) is 5.75 Å². The zero-order chi connectivity index (χ0) is 16.9. The van der Waals surface area contributed by atoms with Crippen LogP contribution in [-0.4, -0.2) is 43.1 Å². The lowest BCUT2D eigenvalue weighted by Crippen LogP contribution is -2.52. The van der Waals surface area contributed by atoms with Crippen molar-refractivity contribution in [2.24, 2.45) is 0 Å². The Bertz CT molecular complexity index is 685. The van der Waals surface area contributed by atoms with E-state index in [0.29, 0.717) is 18.8 Å². The van der Waals surface area contributed by atoms with E-state index in [1.165, 1.54) is 0 Å². The zero-order valence-electron chi connectivity index (χ0n) is 13.7. The molecular weight excluding hydrogens is 324 g/mol. The molecule has 0 bridgehead atoms. The Kier molecular flexibility index (Phi) is 5.26. The van der Waals surface area contributed by atoms with Crippen LogP contribution in [0.5, 0.6) is 5.75 Å². The number of para-hydroxylation sites is 2. The van der Waals surface area contributed by atoms with Crippen LogP contribution in [0.2, 0.25) is 5.02 Å². The summed E-state index contributed by atoms with van der Waals surface area (Å²) in [6.07, 6.45) is -0.487. The van der Waals surface area contributed by atoms with Crippen molar-refractivity contribution in [1.29, 1.82) is 0 Å². The van der Waals surface area contributed by atoms with Gasteiger partial charge in [-0.3, -0.25) is 4.79 Å². The first-order valence-corrected chi connectivity index (χ1v) is 8.53. The van der Waals surface area contributed by atoms with E-state index in [9.17, 15) is 4.79 Å². The second-order valence-electron chi connectivity index (χ2n) is 5.84. The minimum absolute atomic E-state index is 0.0256. The van der Waals surface area contributed by atoms with Gasteiger partial charge in [0.1, 0.15) is 5.75 Å². The molecule has 1 aliphatic rings. The summed E-state index contributed by atoms with van der Waals surface area (Å²) in [4.78, 5) is 16.6. The molecule has 1 saturated heterocycles. The predicted octanol–water partition coefficient (Wildman–Crippen LogP) is 3.46. The minimum Gasteiger partial charge on any atom is -0.481 e. The van der Waals surface area contributed by atoms with Crippen LogP contribution in [0.3, 0.4) is 0 Å². The highest BCUT2D eigenvalue weighted by molar-refractivity contribution is 6.33. The molecule has 1 fully saturated rings. The van der Waals surface area contributed by atoms with E-state index in [0.717, 1.165) is 23.8 Å². The van der Waals surface area contributed by atoms with Gasteiger partial charge in [-0.1, -0.05) is 41.9 Å². The van der Waals surface area contributed by atoms with Gasteiger partial charge in [-0.05, 0) is 31.2 Å². The Hall–Kier alpha value is -2.20. The van der Waals surface area contributed by atoms with E-state index in [1.54, 1.807) is 6.92 Å². The quantitative estimate of drug-likeness (QED) is 0.851. The molecule has 1 heterocycles. The van der Waals surface area contributed by atoms with Crippen LogP contribution in [0.4, 0.5) is 5.69 Å². The smallest absolute Gasteiger partial charge is 0.263 e.